The van der Waals surface area contributed by atoms with Crippen LogP contribution in [0, 0.1) is 22.7 Å². The summed E-state index contributed by atoms with van der Waals surface area (Å²) in [7, 11) is 0. The SMILES string of the molecule is CCOC(=O)c1c(NC(=O)C(F)(F)C(F)(F)C(=O)Nc2sc3c(c2C(=O)OCC)CCC(C(C)(C)C)C3)sc2c1CCC(C(C)(C)C)C2. The molecule has 0 spiro atoms. The standard InChI is InChI=1S/C34H44F4N2O6S2/c1-9-45-27(41)23-19-13-11-17(31(3,4)5)15-21(19)47-25(23)39-29(43)33(35,36)34(37,38)30(44)40-26-24(28(42)46-10-2)20-14-12-18(32(6,7)8)16-22(20)48-26/h17-18H,9-16H2,1-8H3,(H,39,43)(H,40,44). The van der Waals surface area contributed by atoms with Gasteiger partial charge >= 0.3 is 35.6 Å². The van der Waals surface area contributed by atoms with Crippen molar-refractivity contribution in [1.82, 2.24) is 0 Å². The van der Waals surface area contributed by atoms with Gasteiger partial charge in [0.1, 0.15) is 10.0 Å². The quantitative estimate of drug-likeness (QED) is 0.200. The molecule has 0 radical (unpaired) electrons. The molecule has 48 heavy (non-hydrogen) atoms. The van der Waals surface area contributed by atoms with Crippen molar-refractivity contribution in [3.63, 3.8) is 0 Å². The van der Waals surface area contributed by atoms with Gasteiger partial charge in [0.2, 0.25) is 0 Å². The van der Waals surface area contributed by atoms with Crippen molar-refractivity contribution < 1.29 is 46.2 Å². The van der Waals surface area contributed by atoms with E-state index < -0.39 is 35.6 Å². The fraction of sp³-hybridized carbons (Fsp3) is 0.647. The predicted octanol–water partition coefficient (Wildman–Crippen LogP) is 8.31. The Morgan fingerprint density at radius 3 is 1.29 bits per heavy atom. The van der Waals surface area contributed by atoms with Gasteiger partial charge in [-0.2, -0.15) is 17.6 Å². The number of carbonyl (C=O) groups excluding carboxylic acids is 4. The molecule has 14 heteroatoms. The summed E-state index contributed by atoms with van der Waals surface area (Å²) < 4.78 is 71.8. The first-order valence-corrected chi connectivity index (χ1v) is 17.8. The molecular weight excluding hydrogens is 673 g/mol. The number of nitrogens with one attached hydrogen (secondary N) is 2. The summed E-state index contributed by atoms with van der Waals surface area (Å²) in [6.07, 6.45) is 3.22. The Kier molecular flexibility index (Phi) is 10.8. The third kappa shape index (κ3) is 7.29. The van der Waals surface area contributed by atoms with E-state index in [-0.39, 0.29) is 57.0 Å². The molecule has 2 unspecified atom stereocenters. The highest BCUT2D eigenvalue weighted by atomic mass is 32.1. The number of hydrogen-bond acceptors (Lipinski definition) is 8. The van der Waals surface area contributed by atoms with Crippen LogP contribution in [0.2, 0.25) is 0 Å². The zero-order valence-electron chi connectivity index (χ0n) is 28.6. The minimum Gasteiger partial charge on any atom is -0.462 e. The Morgan fingerprint density at radius 2 is 1.00 bits per heavy atom. The van der Waals surface area contributed by atoms with Crippen molar-refractivity contribution in [2.75, 3.05) is 23.8 Å². The van der Waals surface area contributed by atoms with Crippen molar-refractivity contribution in [2.45, 2.75) is 106 Å². The molecule has 0 saturated heterocycles. The van der Waals surface area contributed by atoms with E-state index in [1.54, 1.807) is 13.8 Å². The molecule has 4 rings (SSSR count). The first-order valence-electron chi connectivity index (χ1n) is 16.2. The summed E-state index contributed by atoms with van der Waals surface area (Å²) in [6.45, 7) is 15.4. The van der Waals surface area contributed by atoms with E-state index in [1.165, 1.54) is 0 Å². The van der Waals surface area contributed by atoms with Crippen LogP contribution in [0.1, 0.15) is 110 Å². The molecule has 2 amide bonds. The Balaban J connectivity index is 1.62. The summed E-state index contributed by atoms with van der Waals surface area (Å²) in [6, 6.07) is 0. The molecule has 2 aliphatic carbocycles. The second-order valence-electron chi connectivity index (χ2n) is 14.5. The van der Waals surface area contributed by atoms with Gasteiger partial charge in [0.05, 0.1) is 24.3 Å². The summed E-state index contributed by atoms with van der Waals surface area (Å²) in [4.78, 5) is 53.0. The lowest BCUT2D eigenvalue weighted by Crippen LogP contribution is -2.56. The number of amides is 2. The van der Waals surface area contributed by atoms with Gasteiger partial charge in [-0.1, -0.05) is 41.5 Å². The number of anilines is 2. The van der Waals surface area contributed by atoms with Crippen molar-refractivity contribution in [3.8, 4) is 0 Å². The summed E-state index contributed by atoms with van der Waals surface area (Å²) in [5.74, 6) is -17.3. The molecule has 2 N–H and O–H groups in total. The molecular formula is C34H44F4N2O6S2. The second kappa shape index (κ2) is 13.7. The lowest BCUT2D eigenvalue weighted by molar-refractivity contribution is -0.204. The number of esters is 2. The number of alkyl halides is 4. The van der Waals surface area contributed by atoms with E-state index in [0.29, 0.717) is 59.4 Å². The molecule has 0 aliphatic heterocycles. The Morgan fingerprint density at radius 1 is 0.667 bits per heavy atom. The van der Waals surface area contributed by atoms with Crippen molar-refractivity contribution in [3.05, 3.63) is 32.0 Å². The van der Waals surface area contributed by atoms with Crippen LogP contribution in [0.5, 0.6) is 0 Å². The molecule has 266 valence electrons. The maximum absolute atomic E-state index is 15.4. The van der Waals surface area contributed by atoms with Gasteiger partial charge in [-0.05, 0) is 86.2 Å². The lowest BCUT2D eigenvalue weighted by atomic mass is 9.72. The van der Waals surface area contributed by atoms with Crippen LogP contribution in [-0.2, 0) is 44.7 Å². The van der Waals surface area contributed by atoms with Crippen molar-refractivity contribution >= 4 is 56.4 Å². The zero-order chi connectivity index (χ0) is 36.0. The van der Waals surface area contributed by atoms with Crippen molar-refractivity contribution in [1.29, 1.82) is 0 Å². The highest BCUT2D eigenvalue weighted by Gasteiger charge is 2.67. The smallest absolute Gasteiger partial charge is 0.396 e. The van der Waals surface area contributed by atoms with E-state index in [0.717, 1.165) is 22.7 Å². The molecule has 2 aliphatic rings. The summed E-state index contributed by atoms with van der Waals surface area (Å²) in [5.41, 5.74) is 0.589. The molecule has 0 saturated carbocycles. The number of rotatable bonds is 9. The van der Waals surface area contributed by atoms with E-state index >= 15 is 17.6 Å². The minimum absolute atomic E-state index is 0.0351. The first-order chi connectivity index (χ1) is 22.1. The monoisotopic (exact) mass is 716 g/mol. The average Bonchev–Trinajstić information content (AvgIpc) is 3.52. The van der Waals surface area contributed by atoms with Crippen molar-refractivity contribution in [2.24, 2.45) is 22.7 Å². The van der Waals surface area contributed by atoms with Crippen LogP contribution in [0.4, 0.5) is 27.6 Å². The molecule has 0 bridgehead atoms. The first kappa shape index (κ1) is 37.8. The fourth-order valence-electron chi connectivity index (χ4n) is 6.31. The summed E-state index contributed by atoms with van der Waals surface area (Å²) >= 11 is 1.74. The van der Waals surface area contributed by atoms with Gasteiger partial charge in [0.15, 0.2) is 0 Å². The number of fused-ring (bicyclic) bond motifs is 2. The van der Waals surface area contributed by atoms with E-state index in [1.807, 2.05) is 10.6 Å². The molecule has 2 atom stereocenters. The average molecular weight is 717 g/mol. The van der Waals surface area contributed by atoms with Gasteiger partial charge in [0.25, 0.3) is 0 Å². The Bertz CT molecular complexity index is 1470. The summed E-state index contributed by atoms with van der Waals surface area (Å²) in [5, 5.41) is 2.99. The van der Waals surface area contributed by atoms with Gasteiger partial charge < -0.3 is 20.1 Å². The van der Waals surface area contributed by atoms with E-state index in [9.17, 15) is 19.2 Å². The van der Waals surface area contributed by atoms with Crippen LogP contribution >= 0.6 is 22.7 Å². The fourth-order valence-corrected chi connectivity index (χ4v) is 8.93. The largest absolute Gasteiger partial charge is 0.462 e. The Labute approximate surface area is 286 Å². The van der Waals surface area contributed by atoms with Crippen LogP contribution in [0.15, 0.2) is 0 Å². The minimum atomic E-state index is -5.54. The number of halogens is 4. The lowest BCUT2D eigenvalue weighted by Gasteiger charge is -2.33. The number of ether oxygens (including phenoxy) is 2. The van der Waals surface area contributed by atoms with E-state index in [4.69, 9.17) is 9.47 Å². The second-order valence-corrected chi connectivity index (χ2v) is 16.7. The van der Waals surface area contributed by atoms with Crippen LogP contribution in [0.25, 0.3) is 0 Å². The number of thiophene rings is 2. The van der Waals surface area contributed by atoms with E-state index in [2.05, 4.69) is 41.5 Å². The normalized spacial score (nSPS) is 18.4. The predicted molar refractivity (Wildman–Crippen MR) is 178 cm³/mol. The van der Waals surface area contributed by atoms with Gasteiger partial charge in [0, 0.05) is 9.75 Å². The van der Waals surface area contributed by atoms with Crippen LogP contribution in [0.3, 0.4) is 0 Å². The zero-order valence-corrected chi connectivity index (χ0v) is 30.2. The van der Waals surface area contributed by atoms with Gasteiger partial charge in [-0.15, -0.1) is 22.7 Å². The Hall–Kier alpha value is -3.00. The molecule has 8 nitrogen and oxygen atoms in total. The van der Waals surface area contributed by atoms with Gasteiger partial charge in [-0.25, -0.2) is 9.59 Å². The number of carbonyl (C=O) groups is 4. The topological polar surface area (TPSA) is 111 Å². The maximum Gasteiger partial charge on any atom is 0.396 e. The molecule has 2 aromatic heterocycles. The third-order valence-electron chi connectivity index (χ3n) is 9.36. The third-order valence-corrected chi connectivity index (χ3v) is 11.7. The molecule has 2 heterocycles. The van der Waals surface area contributed by atoms with Gasteiger partial charge in [-0.3, -0.25) is 9.59 Å². The molecule has 0 aromatic carbocycles. The number of hydrogen-bond donors (Lipinski definition) is 2. The highest BCUT2D eigenvalue weighted by Crippen LogP contribution is 2.47. The van der Waals surface area contributed by atoms with Crippen LogP contribution < -0.4 is 10.6 Å². The molecule has 2 aromatic rings. The van der Waals surface area contributed by atoms with Crippen LogP contribution in [-0.4, -0.2) is 48.8 Å². The highest BCUT2D eigenvalue weighted by molar-refractivity contribution is 7.17. The molecule has 0 fully saturated rings. The maximum atomic E-state index is 15.4.